The average Bonchev–Trinajstić information content (AvgIpc) is 2.56. The molecule has 13 heteroatoms. The molecule has 0 aliphatic carbocycles. The summed E-state index contributed by atoms with van der Waals surface area (Å²) in [5, 5.41) is 86.3. The number of rotatable bonds is 7. The minimum Gasteiger partial charge on any atom is -0.479 e. The Balaban J connectivity index is 3.44. The number of ether oxygens (including phenoxy) is 1. The zero-order valence-corrected chi connectivity index (χ0v) is 12.4. The van der Waals surface area contributed by atoms with Crippen LogP contribution in [0.1, 0.15) is 0 Å². The van der Waals surface area contributed by atoms with Gasteiger partial charge in [0.25, 0.3) is 0 Å². The Hall–Kier alpha value is -1.71. The summed E-state index contributed by atoms with van der Waals surface area (Å²) in [5.41, 5.74) is -3.54. The lowest BCUT2D eigenvalue weighted by Crippen LogP contribution is -2.74. The highest BCUT2D eigenvalue weighted by Gasteiger charge is 2.62. The third kappa shape index (κ3) is 3.63. The number of carbonyl (C=O) groups is 3. The van der Waals surface area contributed by atoms with Crippen LogP contribution >= 0.6 is 0 Å². The molecular weight excluding hydrogens is 352 g/mol. The summed E-state index contributed by atoms with van der Waals surface area (Å²) < 4.78 is 4.68. The Morgan fingerprint density at radius 3 is 1.92 bits per heavy atom. The van der Waals surface area contributed by atoms with Crippen molar-refractivity contribution in [1.82, 2.24) is 0 Å². The molecule has 0 aromatic heterocycles. The molecule has 0 unspecified atom stereocenters. The Labute approximate surface area is 138 Å². The normalized spacial score (nSPS) is 35.9. The number of carboxylic acid groups (broad SMARTS) is 2. The van der Waals surface area contributed by atoms with Crippen molar-refractivity contribution in [2.24, 2.45) is 0 Å². The van der Waals surface area contributed by atoms with Crippen molar-refractivity contribution >= 4 is 18.2 Å². The summed E-state index contributed by atoms with van der Waals surface area (Å²) in [6.07, 6.45) is -20.3. The smallest absolute Gasteiger partial charge is 0.335 e. The van der Waals surface area contributed by atoms with Crippen LogP contribution in [0.3, 0.4) is 0 Å². The molecule has 0 aromatic carbocycles. The summed E-state index contributed by atoms with van der Waals surface area (Å²) in [6, 6.07) is 0. The fourth-order valence-electron chi connectivity index (χ4n) is 2.50. The van der Waals surface area contributed by atoms with Crippen molar-refractivity contribution in [3.8, 4) is 0 Å². The van der Waals surface area contributed by atoms with Crippen LogP contribution in [0.15, 0.2) is 0 Å². The van der Waals surface area contributed by atoms with Gasteiger partial charge in [0.2, 0.25) is 0 Å². The minimum absolute atomic E-state index is 0.334. The van der Waals surface area contributed by atoms with Crippen molar-refractivity contribution in [3.63, 3.8) is 0 Å². The molecule has 0 spiro atoms. The predicted molar refractivity (Wildman–Crippen MR) is 71.0 cm³/mol. The maximum atomic E-state index is 11.0. The predicted octanol–water partition coefficient (Wildman–Crippen LogP) is -5.98. The quantitative estimate of drug-likeness (QED) is 0.190. The molecule has 1 aliphatic rings. The summed E-state index contributed by atoms with van der Waals surface area (Å²) in [5.74, 6) is -4.08. The zero-order chi connectivity index (χ0) is 19.7. The maximum Gasteiger partial charge on any atom is 0.335 e. The third-order valence-electron chi connectivity index (χ3n) is 3.92. The molecule has 0 amide bonds. The molecule has 25 heavy (non-hydrogen) atoms. The van der Waals surface area contributed by atoms with E-state index in [0.29, 0.717) is 0 Å². The van der Waals surface area contributed by atoms with Gasteiger partial charge in [0.05, 0.1) is 0 Å². The maximum absolute atomic E-state index is 11.0. The van der Waals surface area contributed by atoms with Crippen LogP contribution in [-0.4, -0.2) is 119 Å². The van der Waals surface area contributed by atoms with Crippen LogP contribution in [0, 0.1) is 0 Å². The number of aliphatic hydroxyl groups is 7. The fourth-order valence-corrected chi connectivity index (χ4v) is 2.50. The van der Waals surface area contributed by atoms with Gasteiger partial charge in [-0.3, -0.25) is 0 Å². The van der Waals surface area contributed by atoms with E-state index in [2.05, 4.69) is 4.74 Å². The molecule has 0 saturated carbocycles. The van der Waals surface area contributed by atoms with E-state index in [9.17, 15) is 50.1 Å². The van der Waals surface area contributed by atoms with Gasteiger partial charge in [-0.25, -0.2) is 9.59 Å². The molecule has 144 valence electrons. The number of hydrogen-bond donors (Lipinski definition) is 9. The second-order valence-electron chi connectivity index (χ2n) is 5.49. The van der Waals surface area contributed by atoms with Crippen LogP contribution in [0.2, 0.25) is 0 Å². The first-order valence-corrected chi connectivity index (χ1v) is 6.78. The lowest BCUT2D eigenvalue weighted by molar-refractivity contribution is -0.300. The molecule has 0 bridgehead atoms. The van der Waals surface area contributed by atoms with Gasteiger partial charge < -0.3 is 55.5 Å². The number of hydrogen-bond acceptors (Lipinski definition) is 11. The second kappa shape index (κ2) is 7.67. The van der Waals surface area contributed by atoms with Crippen LogP contribution in [-0.2, 0) is 19.1 Å². The molecule has 13 nitrogen and oxygen atoms in total. The Morgan fingerprint density at radius 1 is 1.00 bits per heavy atom. The first-order chi connectivity index (χ1) is 11.4. The van der Waals surface area contributed by atoms with E-state index in [-0.39, 0.29) is 6.29 Å². The third-order valence-corrected chi connectivity index (χ3v) is 3.92. The second-order valence-corrected chi connectivity index (χ2v) is 5.49. The van der Waals surface area contributed by atoms with Gasteiger partial charge in [0.15, 0.2) is 24.1 Å². The first kappa shape index (κ1) is 21.3. The van der Waals surface area contributed by atoms with Crippen LogP contribution in [0.4, 0.5) is 0 Å². The molecular formula is C12H18O13. The van der Waals surface area contributed by atoms with Crippen LogP contribution in [0.25, 0.3) is 0 Å². The summed E-state index contributed by atoms with van der Waals surface area (Å²) >= 11 is 0. The number of aliphatic hydroxyl groups excluding tert-OH is 6. The molecule has 0 aromatic rings. The van der Waals surface area contributed by atoms with Gasteiger partial charge in [-0.1, -0.05) is 0 Å². The largest absolute Gasteiger partial charge is 0.479 e. The SMILES string of the molecule is O=C[C@@H](O)[C@@H](O)[C@](O)([C@H](O)C(=O)O)[C@@H]1O[C@H](C(=O)O)[C@@H](O)[C@H](O)[C@@H]1O. The van der Waals surface area contributed by atoms with Crippen molar-refractivity contribution < 1.29 is 65.1 Å². The lowest BCUT2D eigenvalue weighted by Gasteiger charge is -2.48. The van der Waals surface area contributed by atoms with Crippen LogP contribution in [0.5, 0.6) is 0 Å². The van der Waals surface area contributed by atoms with Crippen molar-refractivity contribution in [2.45, 2.75) is 54.4 Å². The van der Waals surface area contributed by atoms with Crippen LogP contribution < -0.4 is 0 Å². The topological polar surface area (TPSA) is 243 Å². The van der Waals surface area contributed by atoms with E-state index in [0.717, 1.165) is 0 Å². The zero-order valence-electron chi connectivity index (χ0n) is 12.4. The van der Waals surface area contributed by atoms with Crippen molar-refractivity contribution in [3.05, 3.63) is 0 Å². The monoisotopic (exact) mass is 370 g/mol. The molecule has 1 heterocycles. The molecule has 0 radical (unpaired) electrons. The number of aldehydes is 1. The van der Waals surface area contributed by atoms with Gasteiger partial charge >= 0.3 is 11.9 Å². The molecule has 1 rings (SSSR count). The van der Waals surface area contributed by atoms with Crippen molar-refractivity contribution in [1.29, 1.82) is 0 Å². The van der Waals surface area contributed by atoms with E-state index in [1.807, 2.05) is 0 Å². The average molecular weight is 370 g/mol. The summed E-state index contributed by atoms with van der Waals surface area (Å²) in [6.45, 7) is 0. The minimum atomic E-state index is -3.54. The fraction of sp³-hybridized carbons (Fsp3) is 0.750. The number of aliphatic carboxylic acids is 2. The molecule has 9 atom stereocenters. The van der Waals surface area contributed by atoms with Gasteiger partial charge in [-0.15, -0.1) is 0 Å². The van der Waals surface area contributed by atoms with Gasteiger partial charge in [-0.05, 0) is 0 Å². The molecule has 1 fully saturated rings. The van der Waals surface area contributed by atoms with Gasteiger partial charge in [0.1, 0.15) is 36.6 Å². The first-order valence-electron chi connectivity index (χ1n) is 6.78. The number of carboxylic acids is 2. The van der Waals surface area contributed by atoms with E-state index < -0.39 is 66.4 Å². The van der Waals surface area contributed by atoms with Gasteiger partial charge in [-0.2, -0.15) is 0 Å². The summed E-state index contributed by atoms with van der Waals surface area (Å²) in [7, 11) is 0. The van der Waals surface area contributed by atoms with E-state index >= 15 is 0 Å². The molecule has 1 aliphatic heterocycles. The summed E-state index contributed by atoms with van der Waals surface area (Å²) in [4.78, 5) is 32.7. The standard InChI is InChI=1S/C12H18O13/c13-1-2(14)7(18)12(24,8(19)11(22)23)9-5(17)3(15)4(16)6(25-9)10(20)21/h1-9,14-19,24H,(H,20,21)(H,22,23)/t2-,3+,4+,5+,6+,7-,8-,9-,12+/m1/s1. The van der Waals surface area contributed by atoms with E-state index in [1.165, 1.54) is 0 Å². The van der Waals surface area contributed by atoms with E-state index in [4.69, 9.17) is 10.2 Å². The van der Waals surface area contributed by atoms with E-state index in [1.54, 1.807) is 0 Å². The highest BCUT2D eigenvalue weighted by molar-refractivity contribution is 5.75. The Bertz CT molecular complexity index is 523. The number of carbonyl (C=O) groups excluding carboxylic acids is 1. The van der Waals surface area contributed by atoms with Gasteiger partial charge in [0, 0.05) is 0 Å². The Morgan fingerprint density at radius 2 is 1.52 bits per heavy atom. The highest BCUT2D eigenvalue weighted by atomic mass is 16.6. The molecule has 9 N–H and O–H groups in total. The molecule has 1 saturated heterocycles. The van der Waals surface area contributed by atoms with Crippen molar-refractivity contribution in [2.75, 3.05) is 0 Å². The Kier molecular flexibility index (Phi) is 6.55. The lowest BCUT2D eigenvalue weighted by atomic mass is 9.76. The highest BCUT2D eigenvalue weighted by Crippen LogP contribution is 2.34.